The van der Waals surface area contributed by atoms with Crippen LogP contribution in [0.25, 0.3) is 101 Å². The first-order valence-electron chi connectivity index (χ1n) is 36.8. The zero-order valence-electron chi connectivity index (χ0n) is 63.5. The molecule has 0 bridgehead atoms. The summed E-state index contributed by atoms with van der Waals surface area (Å²) in [6.07, 6.45) is 0. The molecule has 16 rings (SSSR count). The van der Waals surface area contributed by atoms with Crippen molar-refractivity contribution in [3.05, 3.63) is 426 Å². The Balaban J connectivity index is 0.000000159. The van der Waals surface area contributed by atoms with E-state index < -0.39 is 29.0 Å². The van der Waals surface area contributed by atoms with Gasteiger partial charge in [-0.2, -0.15) is 0 Å². The van der Waals surface area contributed by atoms with Gasteiger partial charge >= 0.3 is 63.5 Å². The zero-order chi connectivity index (χ0) is 79.2. The van der Waals surface area contributed by atoms with Gasteiger partial charge in [0, 0.05) is 38.8 Å². The Bertz CT molecular complexity index is 5210. The van der Waals surface area contributed by atoms with Gasteiger partial charge in [-0.15, -0.1) is 70.8 Å². The van der Waals surface area contributed by atoms with Crippen molar-refractivity contribution < 1.29 is 47.6 Å². The summed E-state index contributed by atoms with van der Waals surface area (Å²) in [6, 6.07) is 132. The summed E-state index contributed by atoms with van der Waals surface area (Å²) in [4.78, 5) is 29.5. The van der Waals surface area contributed by atoms with E-state index in [1.807, 2.05) is 127 Å². The van der Waals surface area contributed by atoms with Gasteiger partial charge in [-0.3, -0.25) is 9.97 Å². The molecule has 0 amide bonds. The first-order chi connectivity index (χ1) is 54.8. The largest absolute Gasteiger partial charge is 2.00 e. The fraction of sp³-hybridized carbons (Fsp3) is 0.0909. The van der Waals surface area contributed by atoms with E-state index in [1.165, 1.54) is 33.4 Å². The van der Waals surface area contributed by atoms with E-state index in [9.17, 15) is 0 Å². The Morgan fingerprint density at radius 1 is 0.272 bits per heavy atom. The van der Waals surface area contributed by atoms with Gasteiger partial charge in [-0.1, -0.05) is 261 Å². The topological polar surface area (TPSA) is 118 Å². The van der Waals surface area contributed by atoms with Crippen molar-refractivity contribution in [2.24, 2.45) is 0 Å². The summed E-state index contributed by atoms with van der Waals surface area (Å²) in [5.74, 6) is 0. The summed E-state index contributed by atoms with van der Waals surface area (Å²) >= 11 is 6.33. The Morgan fingerprint density at radius 3 is 0.816 bits per heavy atom. The number of hydrogen-bond donors (Lipinski definition) is 2. The van der Waals surface area contributed by atoms with Crippen LogP contribution in [-0.4, -0.2) is 47.1 Å². The maximum Gasteiger partial charge on any atom is 2.00 e. The Kier molecular flexibility index (Phi) is 30.4. The van der Waals surface area contributed by atoms with Gasteiger partial charge in [0.05, 0.1) is 34.2 Å². The minimum absolute atomic E-state index is 0. The molecule has 8 nitrogen and oxygen atoms in total. The summed E-state index contributed by atoms with van der Waals surface area (Å²) in [6.45, 7) is 13.0. The SMILES string of the molecule is CC(C)(c1cccc(-c2[c-]ccc(-c3ccccc3)c2)n1)c1cccc(-c2[c-]ccc(-c3ccccc3)c2)n1.CC(C)(c1cccc(-c2cccc(-c3ccccc3)c2)n1)c1cccc(-c2cccc(-c3ccccc3)c2)n1.CC(C)(c1cccc(Br)n1)c1cccc(Br)n1.OB(O)c1cccc(-c2ccccc2)c1.[Cl][Pt][Cl].[Pt+2]. The van der Waals surface area contributed by atoms with Gasteiger partial charge in [0.25, 0.3) is 0 Å². The van der Waals surface area contributed by atoms with E-state index in [0.717, 1.165) is 111 Å². The van der Waals surface area contributed by atoms with Crippen molar-refractivity contribution in [3.63, 3.8) is 0 Å². The second-order valence-electron chi connectivity index (χ2n) is 28.2. The fourth-order valence-electron chi connectivity index (χ4n) is 13.0. The minimum Gasteiger partial charge on any atom is 2.00 e. The third kappa shape index (κ3) is 22.3. The quantitative estimate of drug-likeness (QED) is 0.0558. The molecule has 0 saturated carbocycles. The smallest absolute Gasteiger partial charge is 2.00 e. The summed E-state index contributed by atoms with van der Waals surface area (Å²) in [7, 11) is 8.34. The second kappa shape index (κ2) is 40.8. The third-order valence-electron chi connectivity index (χ3n) is 19.5. The molecular weight excluding hydrogens is 1940 g/mol. The number of hydrogen-bond acceptors (Lipinski definition) is 8. The van der Waals surface area contributed by atoms with Crippen LogP contribution >= 0.6 is 50.7 Å². The van der Waals surface area contributed by atoms with Crippen molar-refractivity contribution in [1.29, 1.82) is 0 Å². The molecule has 6 aromatic heterocycles. The molecule has 0 atom stereocenters. The molecule has 10 aromatic carbocycles. The van der Waals surface area contributed by atoms with E-state index in [4.69, 9.17) is 48.8 Å². The van der Waals surface area contributed by atoms with Crippen LogP contribution in [0.15, 0.2) is 379 Å². The van der Waals surface area contributed by atoms with E-state index in [2.05, 4.69) is 326 Å². The van der Waals surface area contributed by atoms with Crippen molar-refractivity contribution >= 4 is 63.3 Å². The van der Waals surface area contributed by atoms with Crippen molar-refractivity contribution in [1.82, 2.24) is 29.9 Å². The van der Waals surface area contributed by atoms with Crippen LogP contribution in [0.2, 0.25) is 0 Å². The van der Waals surface area contributed by atoms with Gasteiger partial charge in [0.2, 0.25) is 0 Å². The average molecular weight is 2020 g/mol. The molecule has 0 spiro atoms. The van der Waals surface area contributed by atoms with Gasteiger partial charge in [-0.05, 0) is 208 Å². The average Bonchev–Trinajstić information content (AvgIpc) is 0.789. The maximum atomic E-state index is 9.05. The molecular formula is C99H81BBr2Cl2N6O2Pt2. The van der Waals surface area contributed by atoms with Gasteiger partial charge in [0.1, 0.15) is 9.21 Å². The van der Waals surface area contributed by atoms with Crippen LogP contribution in [0.1, 0.15) is 75.7 Å². The van der Waals surface area contributed by atoms with Crippen molar-refractivity contribution in [2.75, 3.05) is 0 Å². The number of halogens is 4. The Morgan fingerprint density at radius 2 is 0.509 bits per heavy atom. The molecule has 15 heteroatoms. The van der Waals surface area contributed by atoms with E-state index >= 15 is 0 Å². The molecule has 0 radical (unpaired) electrons. The number of rotatable bonds is 16. The monoisotopic (exact) mass is 2010 g/mol. The molecule has 0 saturated heterocycles. The van der Waals surface area contributed by atoms with Gasteiger partial charge < -0.3 is 20.0 Å². The van der Waals surface area contributed by atoms with E-state index in [0.29, 0.717) is 5.46 Å². The fourth-order valence-corrected chi connectivity index (χ4v) is 13.7. The minimum atomic E-state index is -1.41. The van der Waals surface area contributed by atoms with Crippen LogP contribution in [0.5, 0.6) is 0 Å². The summed E-state index contributed by atoms with van der Waals surface area (Å²) in [5, 5.41) is 18.1. The molecule has 570 valence electrons. The molecule has 16 aromatic rings. The number of nitrogens with zero attached hydrogens (tertiary/aromatic N) is 6. The summed E-state index contributed by atoms with van der Waals surface area (Å²) in [5.41, 5.74) is 24.8. The van der Waals surface area contributed by atoms with E-state index in [-0.39, 0.29) is 31.9 Å². The third-order valence-corrected chi connectivity index (χ3v) is 20.3. The van der Waals surface area contributed by atoms with Crippen LogP contribution in [0.4, 0.5) is 0 Å². The Hall–Kier alpha value is -10.00. The molecule has 0 aliphatic heterocycles. The predicted molar refractivity (Wildman–Crippen MR) is 472 cm³/mol. The molecule has 0 fully saturated rings. The molecule has 0 unspecified atom stereocenters. The summed E-state index contributed by atoms with van der Waals surface area (Å²) < 4.78 is 1.69. The number of pyridine rings is 6. The first kappa shape index (κ1) is 84.9. The molecule has 0 aliphatic carbocycles. The van der Waals surface area contributed by atoms with E-state index in [1.54, 1.807) is 12.1 Å². The van der Waals surface area contributed by atoms with Crippen LogP contribution < -0.4 is 5.46 Å². The molecule has 114 heavy (non-hydrogen) atoms. The molecule has 6 heterocycles. The second-order valence-corrected chi connectivity index (χ2v) is 33.1. The Labute approximate surface area is 718 Å². The number of aromatic nitrogens is 6. The normalized spacial score (nSPS) is 11.0. The zero-order valence-corrected chi connectivity index (χ0v) is 72.7. The first-order valence-corrected chi connectivity index (χ1v) is 44.0. The molecule has 0 aliphatic rings. The predicted octanol–water partition coefficient (Wildman–Crippen LogP) is 25.3. The van der Waals surface area contributed by atoms with Crippen LogP contribution in [0, 0.1) is 12.1 Å². The molecule has 2 N–H and O–H groups in total. The van der Waals surface area contributed by atoms with Crippen molar-refractivity contribution in [3.8, 4) is 101 Å². The number of benzene rings is 10. The standard InChI is InChI=1S/C37H30N2.C37H28N2.C13H12Br2N2.C12H11BO2.2ClH.2Pt/c2*1-37(2,35-23-11-21-33(38-35)31-19-9-17-29(25-31)27-13-5-3-6-14-27)36-24-12-22-34(39-36)32-20-10-18-30(26-32)28-15-7-4-8-16-28;1-13(2,9-5-3-7-11(14)16-9)10-6-4-8-12(15)17-10;14-13(15)12-8-4-7-11(9-12)10-5-2-1-3-6-10;;;;/h3-26H,1-2H3;3-18,21-26H,1-2H3;3-8H,1-2H3;1-9,14-15H;2*1H;;/q;-2;;;;;2*+2/p-2. The van der Waals surface area contributed by atoms with Crippen LogP contribution in [-0.2, 0) is 53.8 Å². The van der Waals surface area contributed by atoms with Crippen molar-refractivity contribution in [2.45, 2.75) is 57.8 Å². The maximum absolute atomic E-state index is 9.05. The van der Waals surface area contributed by atoms with Gasteiger partial charge in [-0.25, -0.2) is 9.97 Å². The van der Waals surface area contributed by atoms with Gasteiger partial charge in [0.15, 0.2) is 0 Å². The van der Waals surface area contributed by atoms with Crippen LogP contribution in [0.3, 0.4) is 0 Å².